The van der Waals surface area contributed by atoms with Crippen LogP contribution in [0.3, 0.4) is 0 Å². The molecule has 20 heavy (non-hydrogen) atoms. The molecule has 2 heterocycles. The smallest absolute Gasteiger partial charge is 0.264 e. The zero-order valence-corrected chi connectivity index (χ0v) is 14.1. The van der Waals surface area contributed by atoms with Crippen molar-refractivity contribution in [2.24, 2.45) is 0 Å². The van der Waals surface area contributed by atoms with Gasteiger partial charge in [0.05, 0.1) is 10.7 Å². The van der Waals surface area contributed by atoms with Gasteiger partial charge < -0.3 is 9.80 Å². The molecule has 6 heteroatoms. The standard InChI is InChI=1S/C14H16N2OS3/c1-4-16-12(17)11(20-14(16)18-3)13-15(2)9-7-5-6-8-10(9)19-13/h5-8,14H,4H2,1-3H3. The number of rotatable bonds is 2. The number of hydrogen-bond acceptors (Lipinski definition) is 5. The van der Waals surface area contributed by atoms with Gasteiger partial charge in [-0.15, -0.1) is 11.8 Å². The average Bonchev–Trinajstić information content (AvgIpc) is 2.97. The van der Waals surface area contributed by atoms with Gasteiger partial charge in [0, 0.05) is 18.5 Å². The fourth-order valence-electron chi connectivity index (χ4n) is 2.35. The van der Waals surface area contributed by atoms with Gasteiger partial charge in [-0.3, -0.25) is 4.79 Å². The lowest BCUT2D eigenvalue weighted by Gasteiger charge is -2.18. The molecule has 1 unspecified atom stereocenters. The van der Waals surface area contributed by atoms with E-state index in [1.54, 1.807) is 35.3 Å². The summed E-state index contributed by atoms with van der Waals surface area (Å²) >= 11 is 5.10. The molecule has 2 aliphatic heterocycles. The molecule has 0 aromatic heterocycles. The van der Waals surface area contributed by atoms with Crippen LogP contribution in [0, 0.1) is 0 Å². The second kappa shape index (κ2) is 5.58. The van der Waals surface area contributed by atoms with Crippen molar-refractivity contribution in [1.82, 2.24) is 4.90 Å². The van der Waals surface area contributed by atoms with Gasteiger partial charge in [-0.2, -0.15) is 0 Å². The molecule has 1 aromatic carbocycles. The predicted octanol–water partition coefficient (Wildman–Crippen LogP) is 3.64. The van der Waals surface area contributed by atoms with E-state index >= 15 is 0 Å². The highest BCUT2D eigenvalue weighted by molar-refractivity contribution is 8.19. The van der Waals surface area contributed by atoms with Crippen LogP contribution in [0.2, 0.25) is 0 Å². The van der Waals surface area contributed by atoms with E-state index in [-0.39, 0.29) is 10.6 Å². The lowest BCUT2D eigenvalue weighted by Crippen LogP contribution is -2.30. The summed E-state index contributed by atoms with van der Waals surface area (Å²) in [6.07, 6.45) is 2.06. The molecule has 0 saturated carbocycles. The van der Waals surface area contributed by atoms with Crippen molar-refractivity contribution in [2.45, 2.75) is 16.5 Å². The highest BCUT2D eigenvalue weighted by atomic mass is 32.2. The van der Waals surface area contributed by atoms with Gasteiger partial charge in [0.25, 0.3) is 5.91 Å². The zero-order chi connectivity index (χ0) is 14.3. The normalized spacial score (nSPS) is 25.6. The third-order valence-electron chi connectivity index (χ3n) is 3.40. The van der Waals surface area contributed by atoms with E-state index < -0.39 is 0 Å². The molecule has 1 aromatic rings. The summed E-state index contributed by atoms with van der Waals surface area (Å²) in [6.45, 7) is 2.80. The highest BCUT2D eigenvalue weighted by Gasteiger charge is 2.39. The van der Waals surface area contributed by atoms with Crippen molar-refractivity contribution in [1.29, 1.82) is 0 Å². The highest BCUT2D eigenvalue weighted by Crippen LogP contribution is 2.51. The Morgan fingerprint density at radius 3 is 2.70 bits per heavy atom. The van der Waals surface area contributed by atoms with E-state index in [2.05, 4.69) is 23.3 Å². The van der Waals surface area contributed by atoms with Crippen molar-refractivity contribution >= 4 is 46.9 Å². The third-order valence-corrected chi connectivity index (χ3v) is 7.35. The molecule has 0 spiro atoms. The molecule has 1 atom stereocenters. The number of thioether (sulfide) groups is 3. The van der Waals surface area contributed by atoms with Crippen LogP contribution in [-0.4, -0.2) is 35.4 Å². The Morgan fingerprint density at radius 1 is 1.35 bits per heavy atom. The number of anilines is 1. The van der Waals surface area contributed by atoms with Crippen LogP contribution < -0.4 is 4.90 Å². The summed E-state index contributed by atoms with van der Waals surface area (Å²) in [6, 6.07) is 8.29. The number of amides is 1. The SMILES string of the molecule is CCN1C(=O)C(=C2Sc3ccccc3N2C)SC1SC. The van der Waals surface area contributed by atoms with Crippen molar-refractivity contribution < 1.29 is 4.79 Å². The first-order chi connectivity index (χ1) is 9.67. The minimum absolute atomic E-state index is 0.166. The van der Waals surface area contributed by atoms with Gasteiger partial charge >= 0.3 is 0 Å². The second-order valence-electron chi connectivity index (χ2n) is 4.51. The Hall–Kier alpha value is -0.720. The second-order valence-corrected chi connectivity index (χ2v) is 7.85. The zero-order valence-electron chi connectivity index (χ0n) is 11.6. The number of carbonyl (C=O) groups excluding carboxylic acids is 1. The Labute approximate surface area is 132 Å². The van der Waals surface area contributed by atoms with E-state index in [1.165, 1.54) is 10.6 Å². The molecule has 3 rings (SSSR count). The van der Waals surface area contributed by atoms with Crippen molar-refractivity contribution in [3.8, 4) is 0 Å². The summed E-state index contributed by atoms with van der Waals surface area (Å²) in [7, 11) is 2.04. The Morgan fingerprint density at radius 2 is 2.10 bits per heavy atom. The van der Waals surface area contributed by atoms with Crippen molar-refractivity contribution in [2.75, 3.05) is 24.7 Å². The molecule has 0 aliphatic carbocycles. The Bertz CT molecular complexity index is 588. The summed E-state index contributed by atoms with van der Waals surface area (Å²) in [4.78, 5) is 18.8. The fraction of sp³-hybridized carbons (Fsp3) is 0.357. The summed E-state index contributed by atoms with van der Waals surface area (Å²) in [5.74, 6) is 0.166. The van der Waals surface area contributed by atoms with Gasteiger partial charge in [-0.1, -0.05) is 35.7 Å². The van der Waals surface area contributed by atoms with E-state index in [0.29, 0.717) is 0 Å². The van der Waals surface area contributed by atoms with Crippen LogP contribution in [-0.2, 0) is 4.79 Å². The number of likely N-dealkylation sites (N-methyl/N-ethyl adjacent to an activating group) is 1. The van der Waals surface area contributed by atoms with Crippen molar-refractivity contribution in [3.05, 3.63) is 34.2 Å². The van der Waals surface area contributed by atoms with Gasteiger partial charge in [0.15, 0.2) is 0 Å². The first-order valence-corrected chi connectivity index (χ1v) is 9.41. The maximum Gasteiger partial charge on any atom is 0.264 e. The molecule has 1 amide bonds. The monoisotopic (exact) mass is 324 g/mol. The largest absolute Gasteiger partial charge is 0.337 e. The number of benzene rings is 1. The average molecular weight is 324 g/mol. The van der Waals surface area contributed by atoms with Crippen LogP contribution in [0.5, 0.6) is 0 Å². The minimum atomic E-state index is 0.166. The maximum absolute atomic E-state index is 12.6. The van der Waals surface area contributed by atoms with E-state index in [9.17, 15) is 4.79 Å². The molecule has 1 fully saturated rings. The number of nitrogens with zero attached hydrogens (tertiary/aromatic N) is 2. The molecular formula is C14H16N2OS3. The first kappa shape index (κ1) is 14.2. The van der Waals surface area contributed by atoms with Gasteiger partial charge in [-0.25, -0.2) is 0 Å². The summed E-state index contributed by atoms with van der Waals surface area (Å²) < 4.78 is 0.202. The Kier molecular flexibility index (Phi) is 3.97. The van der Waals surface area contributed by atoms with Crippen molar-refractivity contribution in [3.63, 3.8) is 0 Å². The van der Waals surface area contributed by atoms with E-state index in [1.807, 2.05) is 31.0 Å². The summed E-state index contributed by atoms with van der Waals surface area (Å²) in [5, 5.41) is 1.07. The molecule has 1 saturated heterocycles. The number of para-hydroxylation sites is 1. The van der Waals surface area contributed by atoms with Crippen LogP contribution in [0.1, 0.15) is 6.92 Å². The van der Waals surface area contributed by atoms with Crippen LogP contribution in [0.4, 0.5) is 5.69 Å². The molecular weight excluding hydrogens is 308 g/mol. The predicted molar refractivity (Wildman–Crippen MR) is 90.0 cm³/mol. The Balaban J connectivity index is 1.99. The number of hydrogen-bond donors (Lipinski definition) is 0. The quantitative estimate of drug-likeness (QED) is 0.773. The number of carbonyl (C=O) groups is 1. The van der Waals surface area contributed by atoms with E-state index in [0.717, 1.165) is 16.5 Å². The molecule has 106 valence electrons. The van der Waals surface area contributed by atoms with E-state index in [4.69, 9.17) is 0 Å². The molecule has 0 N–H and O–H groups in total. The van der Waals surface area contributed by atoms with Gasteiger partial charge in [0.2, 0.25) is 0 Å². The van der Waals surface area contributed by atoms with Crippen LogP contribution in [0.25, 0.3) is 0 Å². The van der Waals surface area contributed by atoms with Gasteiger partial charge in [-0.05, 0) is 25.3 Å². The maximum atomic E-state index is 12.6. The summed E-state index contributed by atoms with van der Waals surface area (Å²) in [5.41, 5.74) is 1.18. The molecule has 3 nitrogen and oxygen atoms in total. The topological polar surface area (TPSA) is 23.6 Å². The molecule has 0 radical (unpaired) electrons. The van der Waals surface area contributed by atoms with Gasteiger partial charge in [0.1, 0.15) is 9.61 Å². The van der Waals surface area contributed by atoms with Crippen LogP contribution >= 0.6 is 35.3 Å². The lowest BCUT2D eigenvalue weighted by molar-refractivity contribution is -0.125. The number of fused-ring (bicyclic) bond motifs is 1. The minimum Gasteiger partial charge on any atom is -0.337 e. The lowest BCUT2D eigenvalue weighted by atomic mass is 10.3. The van der Waals surface area contributed by atoms with Crippen LogP contribution in [0.15, 0.2) is 39.1 Å². The molecule has 0 bridgehead atoms. The first-order valence-electron chi connectivity index (χ1n) is 6.42. The third kappa shape index (κ3) is 2.14. The molecule has 2 aliphatic rings. The fourth-order valence-corrected chi connectivity index (χ4v) is 5.90.